The fourth-order valence-electron chi connectivity index (χ4n) is 3.89. The van der Waals surface area contributed by atoms with E-state index in [0.29, 0.717) is 12.0 Å². The molecule has 0 amide bonds. The molecular formula is C16H20N6S. The van der Waals surface area contributed by atoms with Crippen molar-refractivity contribution in [3.8, 4) is 0 Å². The van der Waals surface area contributed by atoms with E-state index in [1.807, 2.05) is 23.6 Å². The summed E-state index contributed by atoms with van der Waals surface area (Å²) in [4.78, 5) is 13.3. The number of anilines is 2. The Labute approximate surface area is 139 Å². The van der Waals surface area contributed by atoms with E-state index in [-0.39, 0.29) is 0 Å². The van der Waals surface area contributed by atoms with E-state index >= 15 is 0 Å². The van der Waals surface area contributed by atoms with Gasteiger partial charge in [-0.1, -0.05) is 11.3 Å². The van der Waals surface area contributed by atoms with Crippen molar-refractivity contribution >= 4 is 22.3 Å². The van der Waals surface area contributed by atoms with E-state index in [9.17, 15) is 0 Å². The van der Waals surface area contributed by atoms with E-state index in [4.69, 9.17) is 0 Å². The number of rotatable bonds is 3. The fraction of sp³-hybridized carbons (Fsp3) is 0.625. The zero-order valence-corrected chi connectivity index (χ0v) is 13.8. The van der Waals surface area contributed by atoms with Gasteiger partial charge in [0.25, 0.3) is 0 Å². The summed E-state index contributed by atoms with van der Waals surface area (Å²) in [5, 5.41) is 11.3. The number of nitrogens with zero attached hydrogens (tertiary/aromatic N) is 6. The van der Waals surface area contributed by atoms with Gasteiger partial charge in [-0.2, -0.15) is 0 Å². The highest BCUT2D eigenvalue weighted by Gasteiger charge is 2.40. The standard InChI is InChI=1S/C16H20N6S/c1-2-12(1)15-19-20-16(23-15)22-8-5-11-4-7-21(9-13(11)22)14-3-6-17-10-18-14/h3,6,10-13H,1-2,4-5,7-9H2. The average molecular weight is 328 g/mol. The van der Waals surface area contributed by atoms with Crippen molar-refractivity contribution in [3.63, 3.8) is 0 Å². The first-order chi connectivity index (χ1) is 11.4. The lowest BCUT2D eigenvalue weighted by Gasteiger charge is -2.38. The maximum absolute atomic E-state index is 4.50. The van der Waals surface area contributed by atoms with Crippen molar-refractivity contribution in [2.45, 2.75) is 37.6 Å². The molecule has 0 N–H and O–H groups in total. The second kappa shape index (κ2) is 5.40. The first-order valence-corrected chi connectivity index (χ1v) is 9.31. The van der Waals surface area contributed by atoms with Crippen LogP contribution in [0.5, 0.6) is 0 Å². The number of hydrogen-bond donors (Lipinski definition) is 0. The van der Waals surface area contributed by atoms with Crippen LogP contribution in [0.15, 0.2) is 18.6 Å². The summed E-state index contributed by atoms with van der Waals surface area (Å²) in [6.07, 6.45) is 8.57. The molecule has 4 heterocycles. The molecule has 3 fully saturated rings. The monoisotopic (exact) mass is 328 g/mol. The zero-order chi connectivity index (χ0) is 15.2. The van der Waals surface area contributed by atoms with Gasteiger partial charge in [-0.25, -0.2) is 9.97 Å². The van der Waals surface area contributed by atoms with Crippen molar-refractivity contribution < 1.29 is 0 Å². The van der Waals surface area contributed by atoms with Crippen molar-refractivity contribution in [1.29, 1.82) is 0 Å². The van der Waals surface area contributed by atoms with Crippen LogP contribution in [0.25, 0.3) is 0 Å². The van der Waals surface area contributed by atoms with Crippen LogP contribution in [0.3, 0.4) is 0 Å². The van der Waals surface area contributed by atoms with Crippen LogP contribution in [0.1, 0.15) is 36.6 Å². The highest BCUT2D eigenvalue weighted by molar-refractivity contribution is 7.15. The molecule has 0 radical (unpaired) electrons. The van der Waals surface area contributed by atoms with Crippen LogP contribution >= 0.6 is 11.3 Å². The molecule has 5 rings (SSSR count). The van der Waals surface area contributed by atoms with Gasteiger partial charge < -0.3 is 9.80 Å². The first-order valence-electron chi connectivity index (χ1n) is 8.49. The van der Waals surface area contributed by atoms with Gasteiger partial charge in [0.15, 0.2) is 0 Å². The lowest BCUT2D eigenvalue weighted by Crippen LogP contribution is -2.48. The van der Waals surface area contributed by atoms with Crippen LogP contribution < -0.4 is 9.80 Å². The largest absolute Gasteiger partial charge is 0.354 e. The van der Waals surface area contributed by atoms with Gasteiger partial charge in [0, 0.05) is 31.7 Å². The fourth-order valence-corrected chi connectivity index (χ4v) is 4.99. The summed E-state index contributed by atoms with van der Waals surface area (Å²) in [6.45, 7) is 3.24. The van der Waals surface area contributed by atoms with E-state index in [1.54, 1.807) is 6.33 Å². The van der Waals surface area contributed by atoms with Crippen LogP contribution in [0.4, 0.5) is 10.9 Å². The molecule has 0 spiro atoms. The maximum atomic E-state index is 4.50. The van der Waals surface area contributed by atoms with Crippen molar-refractivity contribution in [3.05, 3.63) is 23.6 Å². The SMILES string of the molecule is c1cc(N2CCC3CCN(c4nnc(C5CC5)s4)C3C2)ncn1. The number of fused-ring (bicyclic) bond motifs is 1. The van der Waals surface area contributed by atoms with Gasteiger partial charge in [-0.15, -0.1) is 10.2 Å². The third-order valence-electron chi connectivity index (χ3n) is 5.36. The Morgan fingerprint density at radius 1 is 1.09 bits per heavy atom. The molecule has 1 aliphatic carbocycles. The predicted octanol–water partition coefficient (Wildman–Crippen LogP) is 2.31. The van der Waals surface area contributed by atoms with Crippen LogP contribution in [0, 0.1) is 5.92 Å². The maximum Gasteiger partial charge on any atom is 0.208 e. The normalized spacial score (nSPS) is 27.3. The van der Waals surface area contributed by atoms with Crippen molar-refractivity contribution in [2.24, 2.45) is 5.92 Å². The molecule has 1 saturated carbocycles. The van der Waals surface area contributed by atoms with Crippen LogP contribution in [0.2, 0.25) is 0 Å². The summed E-state index contributed by atoms with van der Waals surface area (Å²) < 4.78 is 0. The molecular weight excluding hydrogens is 308 g/mol. The Bertz CT molecular complexity index is 685. The van der Waals surface area contributed by atoms with Crippen molar-refractivity contribution in [2.75, 3.05) is 29.4 Å². The average Bonchev–Trinajstić information content (AvgIpc) is 3.19. The lowest BCUT2D eigenvalue weighted by atomic mass is 9.92. The quantitative estimate of drug-likeness (QED) is 0.862. The predicted molar refractivity (Wildman–Crippen MR) is 90.0 cm³/mol. The molecule has 2 unspecified atom stereocenters. The van der Waals surface area contributed by atoms with Crippen LogP contribution in [-0.2, 0) is 0 Å². The summed E-state index contributed by atoms with van der Waals surface area (Å²) >= 11 is 1.81. The minimum atomic E-state index is 0.540. The third-order valence-corrected chi connectivity index (χ3v) is 6.48. The Kier molecular flexibility index (Phi) is 3.21. The molecule has 2 aromatic rings. The highest BCUT2D eigenvalue weighted by Crippen LogP contribution is 2.44. The topological polar surface area (TPSA) is 58.0 Å². The van der Waals surface area contributed by atoms with Gasteiger partial charge in [-0.3, -0.25) is 0 Å². The van der Waals surface area contributed by atoms with Gasteiger partial charge in [0.1, 0.15) is 17.2 Å². The molecule has 120 valence electrons. The third kappa shape index (κ3) is 2.47. The lowest BCUT2D eigenvalue weighted by molar-refractivity contribution is 0.389. The minimum absolute atomic E-state index is 0.540. The van der Waals surface area contributed by atoms with E-state index in [0.717, 1.165) is 36.5 Å². The Hall–Kier alpha value is -1.76. The Morgan fingerprint density at radius 3 is 2.83 bits per heavy atom. The minimum Gasteiger partial charge on any atom is -0.354 e. The summed E-state index contributed by atoms with van der Waals surface area (Å²) in [7, 11) is 0. The molecule has 23 heavy (non-hydrogen) atoms. The van der Waals surface area contributed by atoms with E-state index < -0.39 is 0 Å². The summed E-state index contributed by atoms with van der Waals surface area (Å²) in [5.74, 6) is 2.52. The number of aromatic nitrogens is 4. The summed E-state index contributed by atoms with van der Waals surface area (Å²) in [5.41, 5.74) is 0. The Morgan fingerprint density at radius 2 is 2.00 bits per heavy atom. The summed E-state index contributed by atoms with van der Waals surface area (Å²) in [6, 6.07) is 2.55. The van der Waals surface area contributed by atoms with Gasteiger partial charge in [-0.05, 0) is 37.7 Å². The molecule has 2 aromatic heterocycles. The van der Waals surface area contributed by atoms with Gasteiger partial charge in [0.2, 0.25) is 5.13 Å². The van der Waals surface area contributed by atoms with E-state index in [1.165, 1.54) is 30.7 Å². The zero-order valence-electron chi connectivity index (χ0n) is 13.0. The number of piperidine rings is 1. The second-order valence-corrected chi connectivity index (χ2v) is 7.80. The highest BCUT2D eigenvalue weighted by atomic mass is 32.1. The smallest absolute Gasteiger partial charge is 0.208 e. The van der Waals surface area contributed by atoms with E-state index in [2.05, 4.69) is 30.0 Å². The molecule has 0 bridgehead atoms. The van der Waals surface area contributed by atoms with Gasteiger partial charge in [0.05, 0.1) is 6.04 Å². The molecule has 6 nitrogen and oxygen atoms in total. The Balaban J connectivity index is 1.37. The first kappa shape index (κ1) is 13.7. The second-order valence-electron chi connectivity index (χ2n) is 6.81. The number of hydrogen-bond acceptors (Lipinski definition) is 7. The molecule has 2 atom stereocenters. The molecule has 2 aliphatic heterocycles. The van der Waals surface area contributed by atoms with Crippen molar-refractivity contribution in [1.82, 2.24) is 20.2 Å². The van der Waals surface area contributed by atoms with Gasteiger partial charge >= 0.3 is 0 Å². The molecule has 3 aliphatic rings. The molecule has 2 saturated heterocycles. The van der Waals surface area contributed by atoms with Crippen LogP contribution in [-0.4, -0.2) is 45.8 Å². The molecule has 0 aromatic carbocycles. The molecule has 7 heteroatoms.